The van der Waals surface area contributed by atoms with Crippen molar-refractivity contribution in [3.8, 4) is 0 Å². The largest absolute Gasteiger partial charge is 0.368 e. The molecule has 0 aliphatic heterocycles. The van der Waals surface area contributed by atoms with E-state index in [4.69, 9.17) is 0 Å². The molecule has 1 unspecified atom stereocenters. The molecule has 1 rings (SSSR count). The number of carbonyl (C=O) groups is 1. The Hall–Kier alpha value is -1.58. The minimum absolute atomic E-state index is 0.0200. The molecular weight excluding hydrogens is 238 g/mol. The number of nitrogens with one attached hydrogen (secondary N) is 1. The highest BCUT2D eigenvalue weighted by atomic mass is 16.2. The lowest BCUT2D eigenvalue weighted by atomic mass is 10.1. The summed E-state index contributed by atoms with van der Waals surface area (Å²) in [6.45, 7) is 8.29. The molecule has 0 bridgehead atoms. The standard InChI is InChI=1S/C15H25N3O/c1-6-8-12(4)18(5)15(19)13-9-7-10-14(17-13)16-11(2)3/h7,9-12H,6,8H2,1-5H3,(H,16,17). The van der Waals surface area contributed by atoms with Crippen molar-refractivity contribution in [2.24, 2.45) is 0 Å². The summed E-state index contributed by atoms with van der Waals surface area (Å²) in [5.41, 5.74) is 0.496. The van der Waals surface area contributed by atoms with E-state index in [9.17, 15) is 4.79 Å². The molecule has 0 radical (unpaired) electrons. The Morgan fingerprint density at radius 3 is 2.63 bits per heavy atom. The van der Waals surface area contributed by atoms with Gasteiger partial charge in [0, 0.05) is 19.1 Å². The zero-order valence-corrected chi connectivity index (χ0v) is 12.6. The molecule has 0 aliphatic rings. The lowest BCUT2D eigenvalue weighted by Crippen LogP contribution is -2.35. The van der Waals surface area contributed by atoms with Crippen LogP contribution in [0.25, 0.3) is 0 Å². The molecule has 0 fully saturated rings. The van der Waals surface area contributed by atoms with Crippen LogP contribution in [-0.4, -0.2) is 34.9 Å². The van der Waals surface area contributed by atoms with Gasteiger partial charge in [0.25, 0.3) is 5.91 Å². The van der Waals surface area contributed by atoms with Crippen LogP contribution in [0.4, 0.5) is 5.82 Å². The predicted molar refractivity (Wildman–Crippen MR) is 79.5 cm³/mol. The maximum atomic E-state index is 12.3. The normalized spacial score (nSPS) is 12.3. The van der Waals surface area contributed by atoms with E-state index < -0.39 is 0 Å². The molecule has 1 aromatic rings. The Bertz CT molecular complexity index is 418. The third-order valence-corrected chi connectivity index (χ3v) is 3.09. The van der Waals surface area contributed by atoms with Crippen molar-refractivity contribution in [2.75, 3.05) is 12.4 Å². The van der Waals surface area contributed by atoms with E-state index in [1.165, 1.54) is 0 Å². The van der Waals surface area contributed by atoms with Crippen LogP contribution in [0.2, 0.25) is 0 Å². The van der Waals surface area contributed by atoms with Gasteiger partial charge in [0.05, 0.1) is 0 Å². The fourth-order valence-corrected chi connectivity index (χ4v) is 1.92. The summed E-state index contributed by atoms with van der Waals surface area (Å²) in [6.07, 6.45) is 2.08. The first-order valence-electron chi connectivity index (χ1n) is 6.96. The molecule has 1 heterocycles. The molecule has 0 spiro atoms. The van der Waals surface area contributed by atoms with E-state index in [0.29, 0.717) is 11.7 Å². The van der Waals surface area contributed by atoms with Crippen LogP contribution in [0.1, 0.15) is 51.0 Å². The van der Waals surface area contributed by atoms with Gasteiger partial charge in [-0.1, -0.05) is 19.4 Å². The molecule has 4 nitrogen and oxygen atoms in total. The number of hydrogen-bond acceptors (Lipinski definition) is 3. The maximum Gasteiger partial charge on any atom is 0.272 e. The average Bonchev–Trinajstić information content (AvgIpc) is 2.36. The second kappa shape index (κ2) is 7.12. The van der Waals surface area contributed by atoms with Crippen LogP contribution >= 0.6 is 0 Å². The van der Waals surface area contributed by atoms with Crippen molar-refractivity contribution >= 4 is 11.7 Å². The summed E-state index contributed by atoms with van der Waals surface area (Å²) >= 11 is 0. The van der Waals surface area contributed by atoms with E-state index >= 15 is 0 Å². The fraction of sp³-hybridized carbons (Fsp3) is 0.600. The van der Waals surface area contributed by atoms with Crippen LogP contribution < -0.4 is 5.32 Å². The van der Waals surface area contributed by atoms with Crippen LogP contribution in [-0.2, 0) is 0 Å². The summed E-state index contributed by atoms with van der Waals surface area (Å²) in [5, 5.41) is 3.21. The van der Waals surface area contributed by atoms with Gasteiger partial charge in [0.2, 0.25) is 0 Å². The SMILES string of the molecule is CCCC(C)N(C)C(=O)c1cccc(NC(C)C)n1. The third-order valence-electron chi connectivity index (χ3n) is 3.09. The Morgan fingerprint density at radius 2 is 2.05 bits per heavy atom. The average molecular weight is 263 g/mol. The minimum atomic E-state index is -0.0200. The van der Waals surface area contributed by atoms with Gasteiger partial charge in [-0.15, -0.1) is 0 Å². The van der Waals surface area contributed by atoms with Crippen LogP contribution in [0.5, 0.6) is 0 Å². The molecule has 0 saturated carbocycles. The van der Waals surface area contributed by atoms with Crippen molar-refractivity contribution in [3.63, 3.8) is 0 Å². The quantitative estimate of drug-likeness (QED) is 0.857. The summed E-state index contributed by atoms with van der Waals surface area (Å²) in [7, 11) is 1.84. The smallest absolute Gasteiger partial charge is 0.272 e. The maximum absolute atomic E-state index is 12.3. The number of pyridine rings is 1. The minimum Gasteiger partial charge on any atom is -0.368 e. The molecule has 106 valence electrons. The van der Waals surface area contributed by atoms with Crippen molar-refractivity contribution in [1.29, 1.82) is 0 Å². The predicted octanol–water partition coefficient (Wildman–Crippen LogP) is 3.16. The van der Waals surface area contributed by atoms with Crippen molar-refractivity contribution < 1.29 is 4.79 Å². The van der Waals surface area contributed by atoms with E-state index in [0.717, 1.165) is 18.7 Å². The van der Waals surface area contributed by atoms with Gasteiger partial charge >= 0.3 is 0 Å². The molecule has 4 heteroatoms. The molecule has 0 aromatic carbocycles. The highest BCUT2D eigenvalue weighted by Gasteiger charge is 2.18. The first-order valence-corrected chi connectivity index (χ1v) is 6.96. The number of amides is 1. The topological polar surface area (TPSA) is 45.2 Å². The summed E-state index contributed by atoms with van der Waals surface area (Å²) < 4.78 is 0. The van der Waals surface area contributed by atoms with Gasteiger partial charge in [0.15, 0.2) is 0 Å². The van der Waals surface area contributed by atoms with Crippen LogP contribution in [0.3, 0.4) is 0 Å². The molecule has 1 aromatic heterocycles. The van der Waals surface area contributed by atoms with E-state index in [2.05, 4.69) is 24.1 Å². The van der Waals surface area contributed by atoms with Gasteiger partial charge in [0.1, 0.15) is 11.5 Å². The monoisotopic (exact) mass is 263 g/mol. The van der Waals surface area contributed by atoms with Gasteiger partial charge < -0.3 is 10.2 Å². The molecule has 0 saturated heterocycles. The number of nitrogens with zero attached hydrogens (tertiary/aromatic N) is 2. The van der Waals surface area contributed by atoms with E-state index in [-0.39, 0.29) is 11.9 Å². The van der Waals surface area contributed by atoms with Gasteiger partial charge in [-0.3, -0.25) is 4.79 Å². The molecule has 1 amide bonds. The molecular formula is C15H25N3O. The Balaban J connectivity index is 2.81. The van der Waals surface area contributed by atoms with Crippen LogP contribution in [0.15, 0.2) is 18.2 Å². The first kappa shape index (κ1) is 15.5. The van der Waals surface area contributed by atoms with Crippen molar-refractivity contribution in [2.45, 2.75) is 52.6 Å². The summed E-state index contributed by atoms with van der Waals surface area (Å²) in [6, 6.07) is 6.05. The highest BCUT2D eigenvalue weighted by molar-refractivity contribution is 5.92. The van der Waals surface area contributed by atoms with E-state index in [1.54, 1.807) is 11.0 Å². The second-order valence-corrected chi connectivity index (χ2v) is 5.26. The van der Waals surface area contributed by atoms with Crippen molar-refractivity contribution in [1.82, 2.24) is 9.88 Å². The van der Waals surface area contributed by atoms with Crippen LogP contribution in [0, 0.1) is 0 Å². The summed E-state index contributed by atoms with van der Waals surface area (Å²) in [5.74, 6) is 0.728. The van der Waals surface area contributed by atoms with Gasteiger partial charge in [-0.25, -0.2) is 4.98 Å². The second-order valence-electron chi connectivity index (χ2n) is 5.26. The highest BCUT2D eigenvalue weighted by Crippen LogP contribution is 2.11. The Morgan fingerprint density at radius 1 is 1.37 bits per heavy atom. The third kappa shape index (κ3) is 4.54. The summed E-state index contributed by atoms with van der Waals surface area (Å²) in [4.78, 5) is 18.5. The number of anilines is 1. The zero-order chi connectivity index (χ0) is 14.4. The number of rotatable bonds is 6. The van der Waals surface area contributed by atoms with Crippen molar-refractivity contribution in [3.05, 3.63) is 23.9 Å². The van der Waals surface area contributed by atoms with Gasteiger partial charge in [-0.2, -0.15) is 0 Å². The first-order chi connectivity index (χ1) is 8.95. The van der Waals surface area contributed by atoms with Gasteiger partial charge in [-0.05, 0) is 39.3 Å². The zero-order valence-electron chi connectivity index (χ0n) is 12.6. The Kier molecular flexibility index (Phi) is 5.80. The molecule has 0 aliphatic carbocycles. The molecule has 19 heavy (non-hydrogen) atoms. The number of carbonyl (C=O) groups excluding carboxylic acids is 1. The van der Waals surface area contributed by atoms with E-state index in [1.807, 2.05) is 33.0 Å². The lowest BCUT2D eigenvalue weighted by Gasteiger charge is -2.24. The lowest BCUT2D eigenvalue weighted by molar-refractivity contribution is 0.0731. The molecule has 1 atom stereocenters. The number of hydrogen-bond donors (Lipinski definition) is 1. The number of aromatic nitrogens is 1. The fourth-order valence-electron chi connectivity index (χ4n) is 1.92. The Labute approximate surface area is 116 Å². The molecule has 1 N–H and O–H groups in total.